The summed E-state index contributed by atoms with van der Waals surface area (Å²) in [5.74, 6) is -0.188. The number of hydrogen-bond acceptors (Lipinski definition) is 3. The summed E-state index contributed by atoms with van der Waals surface area (Å²) in [6.07, 6.45) is 1.77. The van der Waals surface area contributed by atoms with Gasteiger partial charge in [0.1, 0.15) is 5.82 Å². The van der Waals surface area contributed by atoms with E-state index in [0.29, 0.717) is 18.7 Å². The zero-order valence-corrected chi connectivity index (χ0v) is 11.9. The molecule has 0 aliphatic carbocycles. The van der Waals surface area contributed by atoms with Crippen LogP contribution in [0.5, 0.6) is 0 Å². The highest BCUT2D eigenvalue weighted by Crippen LogP contribution is 2.22. The van der Waals surface area contributed by atoms with Gasteiger partial charge in [-0.25, -0.2) is 4.39 Å². The Morgan fingerprint density at radius 3 is 2.70 bits per heavy atom. The molecule has 0 fully saturated rings. The van der Waals surface area contributed by atoms with Crippen LogP contribution < -0.4 is 5.73 Å². The van der Waals surface area contributed by atoms with E-state index in [-0.39, 0.29) is 11.9 Å². The molecule has 1 aromatic heterocycles. The molecular formula is C16H20FN3. The summed E-state index contributed by atoms with van der Waals surface area (Å²) in [6, 6.07) is 11.1. The monoisotopic (exact) mass is 273 g/mol. The van der Waals surface area contributed by atoms with Crippen LogP contribution in [0.4, 0.5) is 4.39 Å². The van der Waals surface area contributed by atoms with E-state index in [4.69, 9.17) is 5.73 Å². The van der Waals surface area contributed by atoms with Crippen LogP contribution in [0.25, 0.3) is 0 Å². The van der Waals surface area contributed by atoms with E-state index in [0.717, 1.165) is 11.3 Å². The van der Waals surface area contributed by atoms with Crippen LogP contribution in [0.15, 0.2) is 42.6 Å². The van der Waals surface area contributed by atoms with Crippen molar-refractivity contribution in [1.29, 1.82) is 0 Å². The number of pyridine rings is 1. The van der Waals surface area contributed by atoms with Crippen molar-refractivity contribution < 1.29 is 4.39 Å². The molecule has 0 aliphatic rings. The first kappa shape index (κ1) is 14.6. The van der Waals surface area contributed by atoms with Crippen molar-refractivity contribution >= 4 is 0 Å². The third-order valence-electron chi connectivity index (χ3n) is 3.47. The van der Waals surface area contributed by atoms with E-state index in [9.17, 15) is 4.39 Å². The van der Waals surface area contributed by atoms with Crippen molar-refractivity contribution in [3.05, 3.63) is 65.2 Å². The first-order valence-electron chi connectivity index (χ1n) is 6.68. The molecule has 1 unspecified atom stereocenters. The summed E-state index contributed by atoms with van der Waals surface area (Å²) < 4.78 is 13.7. The zero-order valence-electron chi connectivity index (χ0n) is 11.9. The van der Waals surface area contributed by atoms with Crippen LogP contribution in [0.3, 0.4) is 0 Å². The fourth-order valence-electron chi connectivity index (χ4n) is 2.24. The van der Waals surface area contributed by atoms with Crippen molar-refractivity contribution in [1.82, 2.24) is 9.88 Å². The lowest BCUT2D eigenvalue weighted by Crippen LogP contribution is -2.30. The normalized spacial score (nSPS) is 12.7. The second kappa shape index (κ2) is 6.59. The van der Waals surface area contributed by atoms with Gasteiger partial charge >= 0.3 is 0 Å². The quantitative estimate of drug-likeness (QED) is 0.910. The number of nitrogens with two attached hydrogens (primary N) is 1. The van der Waals surface area contributed by atoms with Crippen molar-refractivity contribution in [3.63, 3.8) is 0 Å². The molecule has 2 N–H and O–H groups in total. The number of aryl methyl sites for hydroxylation is 1. The first-order chi connectivity index (χ1) is 9.61. The number of benzene rings is 1. The summed E-state index contributed by atoms with van der Waals surface area (Å²) in [6.45, 7) is 2.87. The summed E-state index contributed by atoms with van der Waals surface area (Å²) in [5, 5.41) is 0. The van der Waals surface area contributed by atoms with Crippen LogP contribution in [-0.2, 0) is 6.54 Å². The lowest BCUT2D eigenvalue weighted by atomic mass is 10.0. The van der Waals surface area contributed by atoms with Crippen molar-refractivity contribution in [2.75, 3.05) is 13.6 Å². The molecule has 2 rings (SSSR count). The Labute approximate surface area is 119 Å². The van der Waals surface area contributed by atoms with E-state index < -0.39 is 0 Å². The van der Waals surface area contributed by atoms with Crippen molar-refractivity contribution in [2.45, 2.75) is 19.5 Å². The zero-order chi connectivity index (χ0) is 14.5. The average Bonchev–Trinajstić information content (AvgIpc) is 2.44. The molecule has 0 spiro atoms. The maximum atomic E-state index is 13.7. The maximum Gasteiger partial charge on any atom is 0.126 e. The lowest BCUT2D eigenvalue weighted by Gasteiger charge is -2.27. The molecule has 0 radical (unpaired) electrons. The lowest BCUT2D eigenvalue weighted by molar-refractivity contribution is 0.238. The number of aromatic nitrogens is 1. The fourth-order valence-corrected chi connectivity index (χ4v) is 2.24. The number of halogens is 1. The minimum atomic E-state index is -0.188. The van der Waals surface area contributed by atoms with Crippen LogP contribution in [0, 0.1) is 12.7 Å². The molecule has 4 heteroatoms. The summed E-state index contributed by atoms with van der Waals surface area (Å²) in [5.41, 5.74) is 8.38. The Kier molecular flexibility index (Phi) is 4.82. The third kappa shape index (κ3) is 3.40. The van der Waals surface area contributed by atoms with Gasteiger partial charge in [-0.15, -0.1) is 0 Å². The van der Waals surface area contributed by atoms with E-state index in [2.05, 4.69) is 9.88 Å². The Balaban J connectivity index is 2.16. The molecule has 3 nitrogen and oxygen atoms in total. The SMILES string of the molecule is Cc1ccc(C(CN)N(C)Cc2ccccn2)cc1F. The summed E-state index contributed by atoms with van der Waals surface area (Å²) >= 11 is 0. The molecule has 106 valence electrons. The maximum absolute atomic E-state index is 13.7. The molecular weight excluding hydrogens is 253 g/mol. The molecule has 0 saturated carbocycles. The van der Waals surface area contributed by atoms with Crippen molar-refractivity contribution in [2.24, 2.45) is 5.73 Å². The molecule has 1 heterocycles. The van der Waals surface area contributed by atoms with Gasteiger partial charge < -0.3 is 5.73 Å². The second-order valence-corrected chi connectivity index (χ2v) is 5.00. The number of rotatable bonds is 5. The predicted molar refractivity (Wildman–Crippen MR) is 78.6 cm³/mol. The first-order valence-corrected chi connectivity index (χ1v) is 6.68. The second-order valence-electron chi connectivity index (χ2n) is 5.00. The topological polar surface area (TPSA) is 42.1 Å². The minimum Gasteiger partial charge on any atom is -0.329 e. The van der Waals surface area contributed by atoms with Gasteiger partial charge in [-0.05, 0) is 43.3 Å². The van der Waals surface area contributed by atoms with Gasteiger partial charge in [0, 0.05) is 25.3 Å². The minimum absolute atomic E-state index is 0.0212. The average molecular weight is 273 g/mol. The van der Waals surface area contributed by atoms with E-state index >= 15 is 0 Å². The number of hydrogen-bond donors (Lipinski definition) is 1. The van der Waals surface area contributed by atoms with E-state index in [1.165, 1.54) is 0 Å². The fraction of sp³-hybridized carbons (Fsp3) is 0.312. The number of nitrogens with zero attached hydrogens (tertiary/aromatic N) is 2. The van der Waals surface area contributed by atoms with Gasteiger partial charge in [0.25, 0.3) is 0 Å². The Morgan fingerprint density at radius 1 is 1.30 bits per heavy atom. The highest BCUT2D eigenvalue weighted by Gasteiger charge is 2.17. The number of likely N-dealkylation sites (N-methyl/N-ethyl adjacent to an activating group) is 1. The van der Waals surface area contributed by atoms with Crippen LogP contribution in [0.2, 0.25) is 0 Å². The van der Waals surface area contributed by atoms with Gasteiger partial charge in [0.05, 0.1) is 5.69 Å². The van der Waals surface area contributed by atoms with Gasteiger partial charge in [-0.2, -0.15) is 0 Å². The molecule has 0 bridgehead atoms. The van der Waals surface area contributed by atoms with E-state index in [1.54, 1.807) is 25.3 Å². The van der Waals surface area contributed by atoms with Crippen LogP contribution in [0.1, 0.15) is 22.9 Å². The molecule has 0 amide bonds. The smallest absolute Gasteiger partial charge is 0.126 e. The molecule has 2 aromatic rings. The van der Waals surface area contributed by atoms with E-state index in [1.807, 2.05) is 31.3 Å². The Bertz CT molecular complexity index is 557. The molecule has 1 aromatic carbocycles. The highest BCUT2D eigenvalue weighted by molar-refractivity contribution is 5.26. The van der Waals surface area contributed by atoms with Gasteiger partial charge in [0.15, 0.2) is 0 Å². The molecule has 0 saturated heterocycles. The van der Waals surface area contributed by atoms with Gasteiger partial charge in [-0.1, -0.05) is 18.2 Å². The van der Waals surface area contributed by atoms with Gasteiger partial charge in [-0.3, -0.25) is 9.88 Å². The third-order valence-corrected chi connectivity index (χ3v) is 3.47. The van der Waals surface area contributed by atoms with Gasteiger partial charge in [0.2, 0.25) is 0 Å². The Morgan fingerprint density at radius 2 is 2.10 bits per heavy atom. The molecule has 1 atom stereocenters. The summed E-state index contributed by atoms with van der Waals surface area (Å²) in [4.78, 5) is 6.39. The predicted octanol–water partition coefficient (Wildman–Crippen LogP) is 2.66. The molecule has 20 heavy (non-hydrogen) atoms. The summed E-state index contributed by atoms with van der Waals surface area (Å²) in [7, 11) is 1.98. The largest absolute Gasteiger partial charge is 0.329 e. The Hall–Kier alpha value is -1.78. The van der Waals surface area contributed by atoms with Crippen molar-refractivity contribution in [3.8, 4) is 0 Å². The highest BCUT2D eigenvalue weighted by atomic mass is 19.1. The van der Waals surface area contributed by atoms with Crippen LogP contribution in [-0.4, -0.2) is 23.5 Å². The standard InChI is InChI=1S/C16H20FN3/c1-12-6-7-13(9-15(12)17)16(10-18)20(2)11-14-5-3-4-8-19-14/h3-9,16H,10-11,18H2,1-2H3. The molecule has 0 aliphatic heterocycles. The van der Waals surface area contributed by atoms with Crippen LogP contribution >= 0.6 is 0 Å².